The van der Waals surface area contributed by atoms with Gasteiger partial charge in [0.05, 0.1) is 5.25 Å². The Balaban J connectivity index is 1.89. The van der Waals surface area contributed by atoms with Gasteiger partial charge in [0.1, 0.15) is 11.6 Å². The Hall–Kier alpha value is -2.81. The zero-order chi connectivity index (χ0) is 17.7. The van der Waals surface area contributed by atoms with Crippen LogP contribution in [0.5, 0.6) is 0 Å². The molecule has 0 aliphatic heterocycles. The van der Waals surface area contributed by atoms with Crippen LogP contribution in [0.1, 0.15) is 22.8 Å². The summed E-state index contributed by atoms with van der Waals surface area (Å²) in [4.78, 5) is 32.0. The molecular formula is C15H18N6O2S. The van der Waals surface area contributed by atoms with E-state index >= 15 is 0 Å². The number of aryl methyl sites for hydroxylation is 1. The zero-order valence-corrected chi connectivity index (χ0v) is 14.1. The van der Waals surface area contributed by atoms with Crippen LogP contribution >= 0.6 is 11.8 Å². The average molecular weight is 346 g/mol. The molecule has 9 heteroatoms. The lowest BCUT2D eigenvalue weighted by Crippen LogP contribution is -2.44. The first-order chi connectivity index (χ1) is 11.3. The number of nitrogens with zero attached hydrogens (tertiary/aromatic N) is 2. The molecule has 2 rings (SSSR count). The van der Waals surface area contributed by atoms with Crippen LogP contribution in [0.2, 0.25) is 0 Å². The van der Waals surface area contributed by atoms with E-state index in [-0.39, 0.29) is 11.6 Å². The number of aromatic nitrogens is 2. The van der Waals surface area contributed by atoms with E-state index < -0.39 is 17.1 Å². The first-order valence-corrected chi connectivity index (χ1v) is 7.96. The van der Waals surface area contributed by atoms with E-state index in [0.717, 1.165) is 17.3 Å². The summed E-state index contributed by atoms with van der Waals surface area (Å²) in [7, 11) is 0. The van der Waals surface area contributed by atoms with Gasteiger partial charge in [0.15, 0.2) is 5.16 Å². The van der Waals surface area contributed by atoms with Crippen molar-refractivity contribution in [2.45, 2.75) is 24.3 Å². The molecule has 0 unspecified atom stereocenters. The lowest BCUT2D eigenvalue weighted by molar-refractivity contribution is -0.121. The normalized spacial score (nSPS) is 11.6. The van der Waals surface area contributed by atoms with Gasteiger partial charge in [-0.05, 0) is 26.0 Å². The van der Waals surface area contributed by atoms with Gasteiger partial charge in [-0.25, -0.2) is 9.97 Å². The number of nitrogens with one attached hydrogen (secondary N) is 2. The lowest BCUT2D eigenvalue weighted by Gasteiger charge is -2.12. The predicted octanol–water partition coefficient (Wildman–Crippen LogP) is 0.891. The Morgan fingerprint density at radius 3 is 2.25 bits per heavy atom. The van der Waals surface area contributed by atoms with E-state index in [0.29, 0.717) is 10.7 Å². The number of amides is 2. The van der Waals surface area contributed by atoms with Gasteiger partial charge in [0.25, 0.3) is 11.8 Å². The predicted molar refractivity (Wildman–Crippen MR) is 93.0 cm³/mol. The molecule has 2 amide bonds. The maximum absolute atomic E-state index is 12.0. The third-order valence-corrected chi connectivity index (χ3v) is 3.97. The van der Waals surface area contributed by atoms with Gasteiger partial charge in [-0.3, -0.25) is 20.4 Å². The number of carbonyl (C=O) groups is 2. The highest BCUT2D eigenvalue weighted by atomic mass is 32.2. The fourth-order valence-corrected chi connectivity index (χ4v) is 2.52. The number of thioether (sulfide) groups is 1. The second-order valence-corrected chi connectivity index (χ2v) is 6.38. The Kier molecular flexibility index (Phi) is 5.59. The van der Waals surface area contributed by atoms with Crippen LogP contribution in [0.3, 0.4) is 0 Å². The molecule has 1 aromatic carbocycles. The van der Waals surface area contributed by atoms with Crippen LogP contribution in [-0.2, 0) is 4.79 Å². The van der Waals surface area contributed by atoms with Crippen molar-refractivity contribution < 1.29 is 9.59 Å². The molecule has 6 N–H and O–H groups in total. The summed E-state index contributed by atoms with van der Waals surface area (Å²) in [5.74, 6) is -0.342. The number of benzene rings is 1. The third kappa shape index (κ3) is 4.85. The van der Waals surface area contributed by atoms with Gasteiger partial charge in [0.2, 0.25) is 0 Å². The van der Waals surface area contributed by atoms with Crippen LogP contribution in [-0.4, -0.2) is 27.0 Å². The van der Waals surface area contributed by atoms with E-state index in [1.54, 1.807) is 19.1 Å². The van der Waals surface area contributed by atoms with E-state index in [1.807, 2.05) is 19.1 Å². The number of anilines is 2. The van der Waals surface area contributed by atoms with Crippen molar-refractivity contribution in [2.75, 3.05) is 11.5 Å². The highest BCUT2D eigenvalue weighted by Crippen LogP contribution is 2.21. The third-order valence-electron chi connectivity index (χ3n) is 3.01. The first kappa shape index (κ1) is 17.5. The molecule has 0 saturated heterocycles. The number of nitrogens with two attached hydrogens (primary N) is 2. The minimum atomic E-state index is -0.551. The summed E-state index contributed by atoms with van der Waals surface area (Å²) in [6.07, 6.45) is 0. The second-order valence-electron chi connectivity index (χ2n) is 5.07. The fourth-order valence-electron chi connectivity index (χ4n) is 1.72. The van der Waals surface area contributed by atoms with Crippen molar-refractivity contribution in [3.05, 3.63) is 41.5 Å². The molecule has 0 aliphatic rings. The Bertz CT molecular complexity index is 730. The SMILES string of the molecule is Cc1ccc(C(=O)NNC(=O)[C@@H](C)Sc2nc(N)cc(N)n2)cc1. The van der Waals surface area contributed by atoms with Gasteiger partial charge in [-0.15, -0.1) is 0 Å². The minimum absolute atomic E-state index is 0.227. The number of carbonyl (C=O) groups excluding carboxylic acids is 2. The van der Waals surface area contributed by atoms with Crippen molar-refractivity contribution in [3.63, 3.8) is 0 Å². The monoisotopic (exact) mass is 346 g/mol. The van der Waals surface area contributed by atoms with Crippen LogP contribution < -0.4 is 22.3 Å². The molecule has 1 atom stereocenters. The van der Waals surface area contributed by atoms with Gasteiger partial charge < -0.3 is 11.5 Å². The van der Waals surface area contributed by atoms with Crippen molar-refractivity contribution in [3.8, 4) is 0 Å². The number of hydrazine groups is 1. The minimum Gasteiger partial charge on any atom is -0.383 e. The molecule has 0 aliphatic carbocycles. The maximum Gasteiger partial charge on any atom is 0.269 e. The lowest BCUT2D eigenvalue weighted by atomic mass is 10.1. The largest absolute Gasteiger partial charge is 0.383 e. The van der Waals surface area contributed by atoms with Crippen molar-refractivity contribution in [1.82, 2.24) is 20.8 Å². The molecule has 24 heavy (non-hydrogen) atoms. The fraction of sp³-hybridized carbons (Fsp3) is 0.200. The van der Waals surface area contributed by atoms with Crippen molar-refractivity contribution >= 4 is 35.2 Å². The standard InChI is InChI=1S/C15H18N6O2S/c1-8-3-5-10(6-4-8)14(23)21-20-13(22)9(2)24-15-18-11(16)7-12(17)19-15/h3-7,9H,1-2H3,(H,20,22)(H,21,23)(H4,16,17,18,19)/t9-/m1/s1. The molecular weight excluding hydrogens is 328 g/mol. The van der Waals surface area contributed by atoms with Crippen LogP contribution in [0.15, 0.2) is 35.5 Å². The molecule has 1 aromatic heterocycles. The molecule has 8 nitrogen and oxygen atoms in total. The zero-order valence-electron chi connectivity index (χ0n) is 13.2. The summed E-state index contributed by atoms with van der Waals surface area (Å²) in [6.45, 7) is 3.58. The Morgan fingerprint density at radius 2 is 1.67 bits per heavy atom. The molecule has 0 radical (unpaired) electrons. The molecule has 1 heterocycles. The van der Waals surface area contributed by atoms with Crippen LogP contribution in [0.4, 0.5) is 11.6 Å². The average Bonchev–Trinajstić information content (AvgIpc) is 2.51. The molecule has 0 fully saturated rings. The van der Waals surface area contributed by atoms with Gasteiger partial charge in [-0.2, -0.15) is 0 Å². The summed E-state index contributed by atoms with van der Waals surface area (Å²) < 4.78 is 0. The van der Waals surface area contributed by atoms with Gasteiger partial charge >= 0.3 is 0 Å². The summed E-state index contributed by atoms with van der Waals surface area (Å²) in [5, 5.41) is -0.260. The molecule has 0 spiro atoms. The van der Waals surface area contributed by atoms with E-state index in [1.165, 1.54) is 6.07 Å². The highest BCUT2D eigenvalue weighted by molar-refractivity contribution is 8.00. The number of nitrogen functional groups attached to an aromatic ring is 2. The van der Waals surface area contributed by atoms with Crippen molar-refractivity contribution in [2.24, 2.45) is 0 Å². The Labute approximate surface area is 143 Å². The number of hydrogen-bond acceptors (Lipinski definition) is 7. The van der Waals surface area contributed by atoms with Gasteiger partial charge in [0, 0.05) is 11.6 Å². The molecule has 0 bridgehead atoms. The molecule has 126 valence electrons. The smallest absolute Gasteiger partial charge is 0.269 e. The van der Waals surface area contributed by atoms with E-state index in [2.05, 4.69) is 20.8 Å². The van der Waals surface area contributed by atoms with E-state index in [4.69, 9.17) is 11.5 Å². The van der Waals surface area contributed by atoms with Gasteiger partial charge in [-0.1, -0.05) is 29.5 Å². The summed E-state index contributed by atoms with van der Waals surface area (Å²) in [6, 6.07) is 8.42. The number of hydrogen-bond donors (Lipinski definition) is 4. The van der Waals surface area contributed by atoms with Crippen molar-refractivity contribution in [1.29, 1.82) is 0 Å². The Morgan fingerprint density at radius 1 is 1.08 bits per heavy atom. The molecule has 0 saturated carbocycles. The quantitative estimate of drug-likeness (QED) is 0.367. The maximum atomic E-state index is 12.0. The first-order valence-electron chi connectivity index (χ1n) is 7.08. The van der Waals surface area contributed by atoms with Crippen LogP contribution in [0.25, 0.3) is 0 Å². The highest BCUT2D eigenvalue weighted by Gasteiger charge is 2.17. The topological polar surface area (TPSA) is 136 Å². The summed E-state index contributed by atoms with van der Waals surface area (Å²) >= 11 is 1.08. The summed E-state index contributed by atoms with van der Waals surface area (Å²) in [5.41, 5.74) is 17.4. The molecule has 2 aromatic rings. The van der Waals surface area contributed by atoms with Crippen LogP contribution in [0, 0.1) is 6.92 Å². The number of rotatable bonds is 4. The second kappa shape index (κ2) is 7.64. The van der Waals surface area contributed by atoms with E-state index in [9.17, 15) is 9.59 Å².